The molecule has 1 saturated heterocycles. The highest BCUT2D eigenvalue weighted by Gasteiger charge is 2.36. The Balaban J connectivity index is 2.54. The van der Waals surface area contributed by atoms with Gasteiger partial charge in [0.1, 0.15) is 6.04 Å². The van der Waals surface area contributed by atoms with Crippen molar-refractivity contribution in [1.82, 2.24) is 4.90 Å². The fourth-order valence-electron chi connectivity index (χ4n) is 1.86. The molecule has 0 aromatic heterocycles. The van der Waals surface area contributed by atoms with Gasteiger partial charge < -0.3 is 10.2 Å². The zero-order valence-corrected chi connectivity index (χ0v) is 9.68. The highest BCUT2D eigenvalue weighted by Crippen LogP contribution is 2.23. The van der Waals surface area contributed by atoms with E-state index in [1.54, 1.807) is 4.90 Å². The minimum absolute atomic E-state index is 0.280. The molecule has 0 spiro atoms. The molecule has 1 heterocycles. The average Bonchev–Trinajstić information content (AvgIpc) is 2.57. The molecule has 1 rings (SSSR count). The first-order valence-electron chi connectivity index (χ1n) is 5.42. The van der Waals surface area contributed by atoms with Crippen LogP contribution < -0.4 is 0 Å². The largest absolute Gasteiger partial charge is 0.480 e. The molecule has 0 aliphatic carbocycles. The number of carbonyl (C=O) groups is 1. The second-order valence-corrected chi connectivity index (χ2v) is 4.98. The summed E-state index contributed by atoms with van der Waals surface area (Å²) in [5.74, 6) is -0.897. The van der Waals surface area contributed by atoms with Crippen LogP contribution in [0.2, 0.25) is 0 Å². The minimum Gasteiger partial charge on any atom is -0.480 e. The van der Waals surface area contributed by atoms with Gasteiger partial charge in [-0.3, -0.25) is 9.69 Å². The van der Waals surface area contributed by atoms with Gasteiger partial charge in [-0.2, -0.15) is 5.26 Å². The van der Waals surface area contributed by atoms with E-state index in [0.717, 1.165) is 0 Å². The van der Waals surface area contributed by atoms with Gasteiger partial charge in [0.05, 0.1) is 17.6 Å². The Labute approximate surface area is 95.3 Å². The molecule has 2 unspecified atom stereocenters. The molecule has 1 aliphatic rings. The molecule has 5 heteroatoms. The third-order valence-corrected chi connectivity index (χ3v) is 2.99. The molecule has 0 aromatic carbocycles. The lowest BCUT2D eigenvalue weighted by atomic mass is 9.91. The fourth-order valence-corrected chi connectivity index (χ4v) is 1.86. The lowest BCUT2D eigenvalue weighted by Gasteiger charge is -2.24. The molecular weight excluding hydrogens is 208 g/mol. The quantitative estimate of drug-likeness (QED) is 0.727. The number of hydrogen-bond acceptors (Lipinski definition) is 4. The second-order valence-electron chi connectivity index (χ2n) is 4.98. The molecule has 0 aromatic rings. The van der Waals surface area contributed by atoms with E-state index in [-0.39, 0.29) is 6.42 Å². The molecule has 1 fully saturated rings. The van der Waals surface area contributed by atoms with E-state index in [1.807, 2.05) is 13.8 Å². The van der Waals surface area contributed by atoms with Crippen molar-refractivity contribution in [3.05, 3.63) is 0 Å². The van der Waals surface area contributed by atoms with Crippen molar-refractivity contribution in [1.29, 1.82) is 5.26 Å². The maximum atomic E-state index is 10.9. The summed E-state index contributed by atoms with van der Waals surface area (Å²) in [7, 11) is 0. The standard InChI is InChI=1S/C11H18N2O3/c1-11(2,7-12)3-4-13-6-8(14)5-9(13)10(15)16/h8-9,14H,3-6H2,1-2H3,(H,15,16). The van der Waals surface area contributed by atoms with Crippen LogP contribution in [0.5, 0.6) is 0 Å². The van der Waals surface area contributed by atoms with Crippen LogP contribution >= 0.6 is 0 Å². The second kappa shape index (κ2) is 4.81. The van der Waals surface area contributed by atoms with Gasteiger partial charge >= 0.3 is 5.97 Å². The number of aliphatic carboxylic acids is 1. The van der Waals surface area contributed by atoms with Crippen LogP contribution in [0.4, 0.5) is 0 Å². The van der Waals surface area contributed by atoms with Crippen molar-refractivity contribution in [3.63, 3.8) is 0 Å². The van der Waals surface area contributed by atoms with Crippen molar-refractivity contribution in [2.45, 2.75) is 38.8 Å². The summed E-state index contributed by atoms with van der Waals surface area (Å²) in [6.07, 6.45) is 0.328. The lowest BCUT2D eigenvalue weighted by molar-refractivity contribution is -0.142. The predicted octanol–water partition coefficient (Wildman–Crippen LogP) is 0.446. The third-order valence-electron chi connectivity index (χ3n) is 2.99. The molecule has 0 amide bonds. The Hall–Kier alpha value is -1.12. The molecule has 0 bridgehead atoms. The number of nitriles is 1. The van der Waals surface area contributed by atoms with E-state index in [2.05, 4.69) is 6.07 Å². The predicted molar refractivity (Wildman–Crippen MR) is 57.6 cm³/mol. The SMILES string of the molecule is CC(C)(C#N)CCN1CC(O)CC1C(=O)O. The van der Waals surface area contributed by atoms with Crippen LogP contribution in [0.15, 0.2) is 0 Å². The number of aliphatic hydroxyl groups excluding tert-OH is 1. The van der Waals surface area contributed by atoms with E-state index in [0.29, 0.717) is 19.5 Å². The summed E-state index contributed by atoms with van der Waals surface area (Å²) in [5.41, 5.74) is -0.448. The van der Waals surface area contributed by atoms with Crippen molar-refractivity contribution >= 4 is 5.97 Å². The molecule has 1 aliphatic heterocycles. The van der Waals surface area contributed by atoms with Crippen molar-refractivity contribution in [2.24, 2.45) is 5.41 Å². The lowest BCUT2D eigenvalue weighted by Crippen LogP contribution is -2.37. The highest BCUT2D eigenvalue weighted by molar-refractivity contribution is 5.74. The molecule has 90 valence electrons. The van der Waals surface area contributed by atoms with E-state index >= 15 is 0 Å². The molecular formula is C11H18N2O3. The number of hydrogen-bond donors (Lipinski definition) is 2. The van der Waals surface area contributed by atoms with Crippen molar-refractivity contribution in [2.75, 3.05) is 13.1 Å². The number of aliphatic hydroxyl groups is 1. The molecule has 0 radical (unpaired) electrons. The summed E-state index contributed by atoms with van der Waals surface area (Å²) in [6, 6.07) is 1.58. The monoisotopic (exact) mass is 226 g/mol. The van der Waals surface area contributed by atoms with Gasteiger partial charge in [0.15, 0.2) is 0 Å². The summed E-state index contributed by atoms with van der Waals surface area (Å²) >= 11 is 0. The van der Waals surface area contributed by atoms with Gasteiger partial charge in [0.2, 0.25) is 0 Å². The molecule has 0 saturated carbocycles. The number of rotatable bonds is 4. The van der Waals surface area contributed by atoms with E-state index in [9.17, 15) is 9.90 Å². The average molecular weight is 226 g/mol. The first-order valence-corrected chi connectivity index (χ1v) is 5.42. The summed E-state index contributed by atoms with van der Waals surface area (Å²) in [6.45, 7) is 4.58. The van der Waals surface area contributed by atoms with Gasteiger partial charge in [-0.1, -0.05) is 0 Å². The summed E-state index contributed by atoms with van der Waals surface area (Å²) < 4.78 is 0. The Morgan fingerprint density at radius 2 is 2.25 bits per heavy atom. The van der Waals surface area contributed by atoms with Gasteiger partial charge in [0.25, 0.3) is 0 Å². The topological polar surface area (TPSA) is 84.6 Å². The maximum Gasteiger partial charge on any atom is 0.321 e. The normalized spacial score (nSPS) is 26.6. The molecule has 16 heavy (non-hydrogen) atoms. The maximum absolute atomic E-state index is 10.9. The number of β-amino-alcohol motifs (C(OH)–C–C–N with tert-alkyl or cyclic N) is 1. The van der Waals surface area contributed by atoms with Crippen LogP contribution in [-0.4, -0.2) is 46.3 Å². The Morgan fingerprint density at radius 1 is 1.62 bits per heavy atom. The third kappa shape index (κ3) is 3.19. The summed E-state index contributed by atoms with van der Waals surface area (Å²) in [5, 5.41) is 27.3. The zero-order valence-electron chi connectivity index (χ0n) is 9.68. The van der Waals surface area contributed by atoms with Gasteiger partial charge in [-0.15, -0.1) is 0 Å². The van der Waals surface area contributed by atoms with Gasteiger partial charge in [0, 0.05) is 19.5 Å². The Bertz CT molecular complexity index is 309. The van der Waals surface area contributed by atoms with E-state index < -0.39 is 23.5 Å². The Kier molecular flexibility index (Phi) is 3.89. The van der Waals surface area contributed by atoms with Gasteiger partial charge in [-0.25, -0.2) is 0 Å². The summed E-state index contributed by atoms with van der Waals surface area (Å²) in [4.78, 5) is 12.7. The van der Waals surface area contributed by atoms with Crippen LogP contribution in [0, 0.1) is 16.7 Å². The van der Waals surface area contributed by atoms with Crippen molar-refractivity contribution in [3.8, 4) is 6.07 Å². The number of carboxylic acids is 1. The molecule has 2 atom stereocenters. The van der Waals surface area contributed by atoms with Crippen molar-refractivity contribution < 1.29 is 15.0 Å². The number of likely N-dealkylation sites (tertiary alicyclic amines) is 1. The smallest absolute Gasteiger partial charge is 0.321 e. The van der Waals surface area contributed by atoms with Crippen LogP contribution in [0.1, 0.15) is 26.7 Å². The van der Waals surface area contributed by atoms with E-state index in [1.165, 1.54) is 0 Å². The Morgan fingerprint density at radius 3 is 2.75 bits per heavy atom. The van der Waals surface area contributed by atoms with Gasteiger partial charge in [-0.05, 0) is 20.3 Å². The molecule has 2 N–H and O–H groups in total. The minimum atomic E-state index is -0.897. The van der Waals surface area contributed by atoms with Crippen LogP contribution in [0.25, 0.3) is 0 Å². The fraction of sp³-hybridized carbons (Fsp3) is 0.818. The first-order chi connectivity index (χ1) is 7.35. The first kappa shape index (κ1) is 12.9. The highest BCUT2D eigenvalue weighted by atomic mass is 16.4. The van der Waals surface area contributed by atoms with Crippen LogP contribution in [-0.2, 0) is 4.79 Å². The molecule has 5 nitrogen and oxygen atoms in total. The number of nitrogens with zero attached hydrogens (tertiary/aromatic N) is 2. The number of carboxylic acid groups (broad SMARTS) is 1. The van der Waals surface area contributed by atoms with Crippen LogP contribution in [0.3, 0.4) is 0 Å². The zero-order chi connectivity index (χ0) is 12.3. The van der Waals surface area contributed by atoms with E-state index in [4.69, 9.17) is 10.4 Å².